The highest BCUT2D eigenvalue weighted by atomic mass is 35.5. The summed E-state index contributed by atoms with van der Waals surface area (Å²) < 4.78 is 0. The van der Waals surface area contributed by atoms with Crippen LogP contribution in [0.3, 0.4) is 0 Å². The Labute approximate surface area is 129 Å². The number of phenols is 1. The maximum atomic E-state index is 12.0. The van der Waals surface area contributed by atoms with Gasteiger partial charge in [-0.25, -0.2) is 0 Å². The van der Waals surface area contributed by atoms with Crippen LogP contribution in [0.1, 0.15) is 10.4 Å². The highest BCUT2D eigenvalue weighted by molar-refractivity contribution is 6.35. The minimum Gasteiger partial charge on any atom is -0.508 e. The normalized spacial score (nSPS) is 10.2. The van der Waals surface area contributed by atoms with Crippen molar-refractivity contribution >= 4 is 40.5 Å². The van der Waals surface area contributed by atoms with Crippen molar-refractivity contribution in [1.29, 1.82) is 0 Å². The van der Waals surface area contributed by atoms with Gasteiger partial charge in [0.2, 0.25) is 0 Å². The van der Waals surface area contributed by atoms with Gasteiger partial charge in [-0.15, -0.1) is 0 Å². The van der Waals surface area contributed by atoms with E-state index in [9.17, 15) is 20.0 Å². The smallest absolute Gasteiger partial charge is 0.288 e. The summed E-state index contributed by atoms with van der Waals surface area (Å²) in [6.45, 7) is 0. The van der Waals surface area contributed by atoms with Gasteiger partial charge < -0.3 is 10.4 Å². The van der Waals surface area contributed by atoms with Gasteiger partial charge in [-0.1, -0.05) is 23.2 Å². The zero-order valence-corrected chi connectivity index (χ0v) is 11.9. The lowest BCUT2D eigenvalue weighted by Gasteiger charge is -2.07. The summed E-state index contributed by atoms with van der Waals surface area (Å²) in [6.07, 6.45) is 0. The van der Waals surface area contributed by atoms with Gasteiger partial charge in [0.1, 0.15) is 10.8 Å². The molecule has 0 aliphatic rings. The number of carbonyl (C=O) groups excluding carboxylic acids is 1. The molecule has 0 saturated heterocycles. The first-order valence-corrected chi connectivity index (χ1v) is 6.38. The number of phenolic OH excluding ortho intramolecular Hbond substituents is 1. The summed E-state index contributed by atoms with van der Waals surface area (Å²) in [6, 6.07) is 7.73. The van der Waals surface area contributed by atoms with Gasteiger partial charge in [-0.3, -0.25) is 14.9 Å². The van der Waals surface area contributed by atoms with Crippen LogP contribution >= 0.6 is 23.2 Å². The number of nitrogens with one attached hydrogen (secondary N) is 1. The second-order valence-electron chi connectivity index (χ2n) is 4.04. The number of carbonyl (C=O) groups is 1. The average Bonchev–Trinajstić information content (AvgIpc) is 2.41. The summed E-state index contributed by atoms with van der Waals surface area (Å²) in [5, 5.41) is 22.6. The fourth-order valence-corrected chi connectivity index (χ4v) is 2.07. The number of benzene rings is 2. The molecule has 2 N–H and O–H groups in total. The summed E-state index contributed by atoms with van der Waals surface area (Å²) in [5.74, 6) is -0.674. The predicted octanol–water partition coefficient (Wildman–Crippen LogP) is 3.86. The van der Waals surface area contributed by atoms with E-state index < -0.39 is 10.8 Å². The molecule has 2 rings (SSSR count). The molecule has 2 aromatic carbocycles. The molecule has 0 aromatic heterocycles. The van der Waals surface area contributed by atoms with Crippen molar-refractivity contribution in [3.8, 4) is 5.75 Å². The fraction of sp³-hybridized carbons (Fsp3) is 0. The van der Waals surface area contributed by atoms with E-state index in [2.05, 4.69) is 5.32 Å². The van der Waals surface area contributed by atoms with Crippen molar-refractivity contribution in [1.82, 2.24) is 0 Å². The van der Waals surface area contributed by atoms with Gasteiger partial charge in [-0.2, -0.15) is 0 Å². The lowest BCUT2D eigenvalue weighted by Crippen LogP contribution is -2.12. The Bertz CT molecular complexity index is 734. The average molecular weight is 327 g/mol. The lowest BCUT2D eigenvalue weighted by atomic mass is 10.2. The molecule has 6 nitrogen and oxygen atoms in total. The van der Waals surface area contributed by atoms with Crippen LogP contribution in [-0.4, -0.2) is 15.9 Å². The van der Waals surface area contributed by atoms with E-state index in [0.717, 1.165) is 0 Å². The van der Waals surface area contributed by atoms with Gasteiger partial charge in [0, 0.05) is 11.8 Å². The molecule has 2 aromatic rings. The van der Waals surface area contributed by atoms with E-state index in [1.165, 1.54) is 36.4 Å². The minimum atomic E-state index is -0.625. The van der Waals surface area contributed by atoms with E-state index in [-0.39, 0.29) is 32.7 Å². The number of rotatable bonds is 3. The van der Waals surface area contributed by atoms with Crippen LogP contribution in [-0.2, 0) is 0 Å². The monoisotopic (exact) mass is 326 g/mol. The Balaban J connectivity index is 2.26. The number of hydrogen-bond acceptors (Lipinski definition) is 4. The molecule has 0 unspecified atom stereocenters. The van der Waals surface area contributed by atoms with Crippen LogP contribution in [0.15, 0.2) is 36.4 Å². The summed E-state index contributed by atoms with van der Waals surface area (Å²) in [4.78, 5) is 22.1. The van der Waals surface area contributed by atoms with Crippen LogP contribution in [0.2, 0.25) is 10.0 Å². The molecule has 21 heavy (non-hydrogen) atoms. The van der Waals surface area contributed by atoms with Crippen LogP contribution in [0, 0.1) is 10.1 Å². The molecule has 8 heteroatoms. The summed E-state index contributed by atoms with van der Waals surface area (Å²) in [5.41, 5.74) is 0.0891. The Morgan fingerprint density at radius 3 is 2.48 bits per heavy atom. The number of hydrogen-bond donors (Lipinski definition) is 2. The third kappa shape index (κ3) is 3.42. The van der Waals surface area contributed by atoms with E-state index in [1.807, 2.05) is 0 Å². The highest BCUT2D eigenvalue weighted by Gasteiger charge is 2.15. The van der Waals surface area contributed by atoms with E-state index >= 15 is 0 Å². The van der Waals surface area contributed by atoms with Crippen LogP contribution in [0.4, 0.5) is 11.4 Å². The fourth-order valence-electron chi connectivity index (χ4n) is 1.62. The number of nitrogens with zero attached hydrogens (tertiary/aromatic N) is 1. The zero-order valence-electron chi connectivity index (χ0n) is 10.3. The van der Waals surface area contributed by atoms with Crippen molar-refractivity contribution in [2.45, 2.75) is 0 Å². The number of halogens is 2. The second kappa shape index (κ2) is 5.99. The lowest BCUT2D eigenvalue weighted by molar-refractivity contribution is -0.384. The number of amides is 1. The molecular weight excluding hydrogens is 319 g/mol. The first kappa shape index (κ1) is 15.1. The van der Waals surface area contributed by atoms with Crippen LogP contribution < -0.4 is 5.32 Å². The van der Waals surface area contributed by atoms with Crippen molar-refractivity contribution in [3.63, 3.8) is 0 Å². The van der Waals surface area contributed by atoms with Crippen molar-refractivity contribution < 1.29 is 14.8 Å². The first-order valence-electron chi connectivity index (χ1n) is 5.62. The molecule has 0 fully saturated rings. The zero-order chi connectivity index (χ0) is 15.6. The van der Waals surface area contributed by atoms with Gasteiger partial charge in [-0.05, 0) is 30.3 Å². The Hall–Kier alpha value is -2.31. The van der Waals surface area contributed by atoms with E-state index in [1.54, 1.807) is 0 Å². The highest BCUT2D eigenvalue weighted by Crippen LogP contribution is 2.28. The Morgan fingerprint density at radius 1 is 1.14 bits per heavy atom. The Kier molecular flexibility index (Phi) is 4.30. The number of aromatic hydroxyl groups is 1. The number of nitro benzene ring substituents is 1. The van der Waals surface area contributed by atoms with Gasteiger partial charge in [0.15, 0.2) is 0 Å². The third-order valence-electron chi connectivity index (χ3n) is 2.60. The first-order chi connectivity index (χ1) is 9.88. The molecule has 0 heterocycles. The molecule has 0 aliphatic heterocycles. The van der Waals surface area contributed by atoms with E-state index in [4.69, 9.17) is 23.2 Å². The predicted molar refractivity (Wildman–Crippen MR) is 79.2 cm³/mol. The molecule has 0 radical (unpaired) electrons. The molecular formula is C13H8Cl2N2O4. The van der Waals surface area contributed by atoms with Crippen molar-refractivity contribution in [2.24, 2.45) is 0 Å². The quantitative estimate of drug-likeness (QED) is 0.661. The summed E-state index contributed by atoms with van der Waals surface area (Å²) >= 11 is 11.6. The van der Waals surface area contributed by atoms with Gasteiger partial charge in [0.05, 0.1) is 15.5 Å². The number of anilines is 1. The maximum Gasteiger partial charge on any atom is 0.288 e. The SMILES string of the molecule is O=C(Nc1ccc([N+](=O)[O-])c(Cl)c1)c1cc(O)ccc1Cl. The molecule has 108 valence electrons. The molecule has 0 bridgehead atoms. The molecule has 0 atom stereocenters. The van der Waals surface area contributed by atoms with Crippen LogP contribution in [0.5, 0.6) is 5.75 Å². The van der Waals surface area contributed by atoms with Crippen molar-refractivity contribution in [2.75, 3.05) is 5.32 Å². The standard InChI is InChI=1S/C13H8Cl2N2O4/c14-10-3-2-8(18)6-9(10)13(19)16-7-1-4-12(17(20)21)11(15)5-7/h1-6,18H,(H,16,19). The largest absolute Gasteiger partial charge is 0.508 e. The van der Waals surface area contributed by atoms with Crippen molar-refractivity contribution in [3.05, 3.63) is 62.1 Å². The Morgan fingerprint density at radius 2 is 1.86 bits per heavy atom. The van der Waals surface area contributed by atoms with E-state index in [0.29, 0.717) is 0 Å². The molecule has 1 amide bonds. The maximum absolute atomic E-state index is 12.0. The molecule has 0 aliphatic carbocycles. The van der Waals surface area contributed by atoms with Crippen LogP contribution in [0.25, 0.3) is 0 Å². The van der Waals surface area contributed by atoms with Gasteiger partial charge >= 0.3 is 0 Å². The second-order valence-corrected chi connectivity index (χ2v) is 4.86. The molecule has 0 spiro atoms. The summed E-state index contributed by atoms with van der Waals surface area (Å²) in [7, 11) is 0. The molecule has 0 saturated carbocycles. The third-order valence-corrected chi connectivity index (χ3v) is 3.23. The number of nitro groups is 1. The van der Waals surface area contributed by atoms with Gasteiger partial charge in [0.25, 0.3) is 11.6 Å². The minimum absolute atomic E-state index is 0.0751. The topological polar surface area (TPSA) is 92.5 Å².